The van der Waals surface area contributed by atoms with Gasteiger partial charge in [0, 0.05) is 11.1 Å². The van der Waals surface area contributed by atoms with Crippen molar-refractivity contribution in [2.75, 3.05) is 13.2 Å². The molecule has 0 radical (unpaired) electrons. The van der Waals surface area contributed by atoms with Gasteiger partial charge in [-0.2, -0.15) is 0 Å². The van der Waals surface area contributed by atoms with Crippen molar-refractivity contribution in [2.45, 2.75) is 58.9 Å². The number of hydrogen-bond donors (Lipinski definition) is 1. The molecule has 0 aliphatic rings. The van der Waals surface area contributed by atoms with E-state index in [4.69, 9.17) is 16.3 Å². The summed E-state index contributed by atoms with van der Waals surface area (Å²) in [5, 5.41) is 4.15. The van der Waals surface area contributed by atoms with E-state index >= 15 is 0 Å². The molecule has 114 valence electrons. The Morgan fingerprint density at radius 2 is 1.90 bits per heavy atom. The summed E-state index contributed by atoms with van der Waals surface area (Å²) < 4.78 is 5.76. The van der Waals surface area contributed by atoms with Crippen LogP contribution in [0.25, 0.3) is 0 Å². The van der Waals surface area contributed by atoms with Crippen LogP contribution < -0.4 is 10.1 Å². The summed E-state index contributed by atoms with van der Waals surface area (Å²) in [6.45, 7) is 8.17. The lowest BCUT2D eigenvalue weighted by atomic mass is 10.1. The molecule has 0 aliphatic heterocycles. The zero-order valence-electron chi connectivity index (χ0n) is 13.0. The lowest BCUT2D eigenvalue weighted by molar-refractivity contribution is 0.304. The Morgan fingerprint density at radius 1 is 1.15 bits per heavy atom. The van der Waals surface area contributed by atoms with Crippen molar-refractivity contribution in [1.29, 1.82) is 0 Å². The summed E-state index contributed by atoms with van der Waals surface area (Å²) in [5.41, 5.74) is 1.13. The first-order valence-electron chi connectivity index (χ1n) is 7.84. The summed E-state index contributed by atoms with van der Waals surface area (Å²) in [6, 6.07) is 6.27. The van der Waals surface area contributed by atoms with Crippen LogP contribution in [-0.4, -0.2) is 13.2 Å². The zero-order valence-corrected chi connectivity index (χ0v) is 13.8. The van der Waals surface area contributed by atoms with Gasteiger partial charge in [0.2, 0.25) is 0 Å². The fourth-order valence-electron chi connectivity index (χ4n) is 2.26. The number of halogens is 1. The van der Waals surface area contributed by atoms with E-state index in [9.17, 15) is 0 Å². The third-order valence-electron chi connectivity index (χ3n) is 3.47. The summed E-state index contributed by atoms with van der Waals surface area (Å²) >= 11 is 6.32. The van der Waals surface area contributed by atoms with Gasteiger partial charge in [0.05, 0.1) is 6.61 Å². The maximum Gasteiger partial charge on any atom is 0.120 e. The quantitative estimate of drug-likeness (QED) is 0.587. The van der Waals surface area contributed by atoms with Crippen LogP contribution in [0.1, 0.15) is 64.5 Å². The van der Waals surface area contributed by atoms with Gasteiger partial charge in [-0.3, -0.25) is 0 Å². The van der Waals surface area contributed by atoms with Gasteiger partial charge < -0.3 is 10.1 Å². The van der Waals surface area contributed by atoms with Gasteiger partial charge in [-0.1, -0.05) is 57.2 Å². The van der Waals surface area contributed by atoms with Crippen LogP contribution in [0.2, 0.25) is 5.02 Å². The molecule has 2 nitrogen and oxygen atoms in total. The van der Waals surface area contributed by atoms with Crippen molar-refractivity contribution < 1.29 is 4.74 Å². The van der Waals surface area contributed by atoms with Gasteiger partial charge in [0.15, 0.2) is 0 Å². The van der Waals surface area contributed by atoms with Crippen LogP contribution in [0.5, 0.6) is 5.75 Å². The summed E-state index contributed by atoms with van der Waals surface area (Å²) in [5.74, 6) is 0.873. The van der Waals surface area contributed by atoms with Gasteiger partial charge in [-0.15, -0.1) is 0 Å². The van der Waals surface area contributed by atoms with Crippen molar-refractivity contribution in [3.05, 3.63) is 28.8 Å². The predicted molar refractivity (Wildman–Crippen MR) is 87.8 cm³/mol. The molecule has 1 aromatic carbocycles. The van der Waals surface area contributed by atoms with E-state index in [0.717, 1.165) is 35.9 Å². The van der Waals surface area contributed by atoms with Crippen LogP contribution in [0, 0.1) is 0 Å². The third-order valence-corrected chi connectivity index (χ3v) is 3.79. The van der Waals surface area contributed by atoms with E-state index in [-0.39, 0.29) is 6.04 Å². The number of hydrogen-bond acceptors (Lipinski definition) is 2. The number of nitrogens with one attached hydrogen (secondary N) is 1. The Bertz CT molecular complexity index is 381. The van der Waals surface area contributed by atoms with E-state index in [1.165, 1.54) is 25.7 Å². The van der Waals surface area contributed by atoms with E-state index in [0.29, 0.717) is 0 Å². The molecule has 3 heteroatoms. The summed E-state index contributed by atoms with van der Waals surface area (Å²) in [7, 11) is 0. The Kier molecular flexibility index (Phi) is 8.72. The molecule has 1 aromatic rings. The van der Waals surface area contributed by atoms with Crippen LogP contribution >= 0.6 is 11.6 Å². The fraction of sp³-hybridized carbons (Fsp3) is 0.647. The Balaban J connectivity index is 2.39. The average Bonchev–Trinajstić information content (AvgIpc) is 2.43. The first-order chi connectivity index (χ1) is 9.69. The van der Waals surface area contributed by atoms with Crippen molar-refractivity contribution in [2.24, 2.45) is 0 Å². The van der Waals surface area contributed by atoms with E-state index in [2.05, 4.69) is 32.2 Å². The highest BCUT2D eigenvalue weighted by Gasteiger charge is 2.09. The minimum atomic E-state index is 0.274. The first-order valence-corrected chi connectivity index (χ1v) is 8.22. The molecule has 0 fully saturated rings. The van der Waals surface area contributed by atoms with Gasteiger partial charge in [0.25, 0.3) is 0 Å². The van der Waals surface area contributed by atoms with Crippen molar-refractivity contribution in [3.63, 3.8) is 0 Å². The molecule has 0 saturated carbocycles. The van der Waals surface area contributed by atoms with Crippen molar-refractivity contribution in [1.82, 2.24) is 5.32 Å². The molecule has 20 heavy (non-hydrogen) atoms. The van der Waals surface area contributed by atoms with E-state index in [1.54, 1.807) is 0 Å². The number of benzene rings is 1. The molecule has 0 saturated heterocycles. The molecule has 0 aliphatic carbocycles. The highest BCUT2D eigenvalue weighted by Crippen LogP contribution is 2.27. The standard InChI is InChI=1S/C17H28ClNO/c1-4-6-7-8-9-12-20-15-10-11-16(17(18)13-15)14(3)19-5-2/h10-11,13-14,19H,4-9,12H2,1-3H3. The average molecular weight is 298 g/mol. The van der Waals surface area contributed by atoms with E-state index < -0.39 is 0 Å². The molecule has 0 aromatic heterocycles. The Morgan fingerprint density at radius 3 is 2.55 bits per heavy atom. The Labute approximate surface area is 128 Å². The summed E-state index contributed by atoms with van der Waals surface area (Å²) in [6.07, 6.45) is 6.27. The van der Waals surface area contributed by atoms with Gasteiger partial charge in [-0.05, 0) is 37.6 Å². The van der Waals surface area contributed by atoms with Crippen molar-refractivity contribution >= 4 is 11.6 Å². The third kappa shape index (κ3) is 6.15. The minimum Gasteiger partial charge on any atom is -0.494 e. The molecule has 1 atom stereocenters. The SMILES string of the molecule is CCCCCCCOc1ccc(C(C)NCC)c(Cl)c1. The van der Waals surface area contributed by atoms with Crippen molar-refractivity contribution in [3.8, 4) is 5.75 Å². The Hall–Kier alpha value is -0.730. The molecule has 0 heterocycles. The van der Waals surface area contributed by atoms with Crippen LogP contribution in [-0.2, 0) is 0 Å². The van der Waals surface area contributed by atoms with Gasteiger partial charge >= 0.3 is 0 Å². The number of rotatable bonds is 10. The maximum atomic E-state index is 6.32. The molecule has 1 rings (SSSR count). The van der Waals surface area contributed by atoms with E-state index in [1.807, 2.05) is 12.1 Å². The zero-order chi connectivity index (χ0) is 14.8. The predicted octanol–water partition coefficient (Wildman–Crippen LogP) is 5.36. The molecular formula is C17H28ClNO. The topological polar surface area (TPSA) is 21.3 Å². The summed E-state index contributed by atoms with van der Waals surface area (Å²) in [4.78, 5) is 0. The molecular weight excluding hydrogens is 270 g/mol. The molecule has 0 spiro atoms. The second-order valence-electron chi connectivity index (χ2n) is 5.23. The fourth-order valence-corrected chi connectivity index (χ4v) is 2.59. The van der Waals surface area contributed by atoms with Crippen LogP contribution in [0.3, 0.4) is 0 Å². The maximum absolute atomic E-state index is 6.32. The monoisotopic (exact) mass is 297 g/mol. The highest BCUT2D eigenvalue weighted by atomic mass is 35.5. The molecule has 0 bridgehead atoms. The lowest BCUT2D eigenvalue weighted by Crippen LogP contribution is -2.17. The largest absolute Gasteiger partial charge is 0.494 e. The second-order valence-corrected chi connectivity index (χ2v) is 5.63. The second kappa shape index (κ2) is 10.1. The lowest BCUT2D eigenvalue weighted by Gasteiger charge is -2.15. The minimum absolute atomic E-state index is 0.274. The number of unbranched alkanes of at least 4 members (excludes halogenated alkanes) is 4. The smallest absolute Gasteiger partial charge is 0.120 e. The molecule has 0 amide bonds. The van der Waals surface area contributed by atoms with Crippen LogP contribution in [0.4, 0.5) is 0 Å². The normalized spacial score (nSPS) is 12.4. The highest BCUT2D eigenvalue weighted by molar-refractivity contribution is 6.31. The van der Waals surface area contributed by atoms with Gasteiger partial charge in [-0.25, -0.2) is 0 Å². The molecule has 1 unspecified atom stereocenters. The first kappa shape index (κ1) is 17.3. The number of ether oxygens (including phenoxy) is 1. The van der Waals surface area contributed by atoms with Gasteiger partial charge in [0.1, 0.15) is 5.75 Å². The molecule has 1 N–H and O–H groups in total. The van der Waals surface area contributed by atoms with Crippen LogP contribution in [0.15, 0.2) is 18.2 Å².